The average molecular weight is 328 g/mol. The third kappa shape index (κ3) is 4.52. The fourth-order valence-electron chi connectivity index (χ4n) is 2.32. The number of benzene rings is 1. The smallest absolute Gasteiger partial charge is 0.272 e. The van der Waals surface area contributed by atoms with Crippen LogP contribution in [0.25, 0.3) is 11.4 Å². The molecule has 0 unspecified atom stereocenters. The van der Waals surface area contributed by atoms with E-state index in [-0.39, 0.29) is 5.91 Å². The van der Waals surface area contributed by atoms with Gasteiger partial charge in [0.05, 0.1) is 6.61 Å². The zero-order valence-corrected chi connectivity index (χ0v) is 14.5. The lowest BCUT2D eigenvalue weighted by molar-refractivity contribution is 0.0767. The molecule has 0 spiro atoms. The van der Waals surface area contributed by atoms with E-state index in [1.165, 1.54) is 0 Å². The summed E-state index contributed by atoms with van der Waals surface area (Å²) < 4.78 is 5.05. The molecule has 0 aliphatic rings. The summed E-state index contributed by atoms with van der Waals surface area (Å²) in [5.74, 6) is 1.07. The van der Waals surface area contributed by atoms with Crippen LogP contribution >= 0.6 is 0 Å². The third-order valence-electron chi connectivity index (χ3n) is 3.64. The van der Waals surface area contributed by atoms with Crippen LogP contribution in [0.15, 0.2) is 36.4 Å². The molecule has 6 heteroatoms. The second-order valence-electron chi connectivity index (χ2n) is 5.23. The summed E-state index contributed by atoms with van der Waals surface area (Å²) in [7, 11) is 1.65. The quantitative estimate of drug-likeness (QED) is 0.755. The van der Waals surface area contributed by atoms with Gasteiger partial charge >= 0.3 is 0 Å². The highest BCUT2D eigenvalue weighted by Crippen LogP contribution is 2.18. The molecule has 24 heavy (non-hydrogen) atoms. The molecule has 0 aliphatic heterocycles. The molecule has 1 amide bonds. The Balaban J connectivity index is 2.38. The molecule has 0 saturated carbocycles. The van der Waals surface area contributed by atoms with Crippen molar-refractivity contribution in [2.75, 3.05) is 38.7 Å². The summed E-state index contributed by atoms with van der Waals surface area (Å²) in [5, 5.41) is 3.18. The molecule has 2 rings (SSSR count). The SMILES string of the molecule is CCN(CC)C(=O)c1cc(NCCOC)nc(-c2ccccc2)n1. The molecule has 0 radical (unpaired) electrons. The summed E-state index contributed by atoms with van der Waals surface area (Å²) in [6.45, 7) is 6.38. The Morgan fingerprint density at radius 1 is 1.17 bits per heavy atom. The van der Waals surface area contributed by atoms with Crippen molar-refractivity contribution in [3.63, 3.8) is 0 Å². The average Bonchev–Trinajstić information content (AvgIpc) is 2.63. The number of rotatable bonds is 8. The Bertz CT molecular complexity index is 657. The summed E-state index contributed by atoms with van der Waals surface area (Å²) in [6.07, 6.45) is 0. The maximum absolute atomic E-state index is 12.7. The Labute approximate surface area is 142 Å². The van der Waals surface area contributed by atoms with Crippen molar-refractivity contribution in [1.82, 2.24) is 14.9 Å². The highest BCUT2D eigenvalue weighted by Gasteiger charge is 2.17. The Hall–Kier alpha value is -2.47. The molecule has 1 aromatic heterocycles. The first-order chi connectivity index (χ1) is 11.7. The number of methoxy groups -OCH3 is 1. The minimum atomic E-state index is -0.0885. The van der Waals surface area contributed by atoms with Gasteiger partial charge in [-0.3, -0.25) is 4.79 Å². The number of hydrogen-bond acceptors (Lipinski definition) is 5. The van der Waals surface area contributed by atoms with Crippen LogP contribution in [-0.4, -0.2) is 54.1 Å². The second kappa shape index (κ2) is 8.98. The second-order valence-corrected chi connectivity index (χ2v) is 5.23. The Morgan fingerprint density at radius 3 is 2.50 bits per heavy atom. The largest absolute Gasteiger partial charge is 0.383 e. The molecule has 128 valence electrons. The number of amides is 1. The molecule has 1 N–H and O–H groups in total. The fourth-order valence-corrected chi connectivity index (χ4v) is 2.32. The van der Waals surface area contributed by atoms with Crippen molar-refractivity contribution in [3.8, 4) is 11.4 Å². The van der Waals surface area contributed by atoms with E-state index in [0.717, 1.165) is 5.56 Å². The molecule has 0 atom stereocenters. The van der Waals surface area contributed by atoms with Crippen LogP contribution in [0.1, 0.15) is 24.3 Å². The number of nitrogens with zero attached hydrogens (tertiary/aromatic N) is 3. The monoisotopic (exact) mass is 328 g/mol. The van der Waals surface area contributed by atoms with Crippen LogP contribution in [0.4, 0.5) is 5.82 Å². The number of anilines is 1. The maximum Gasteiger partial charge on any atom is 0.272 e. The topological polar surface area (TPSA) is 67.4 Å². The van der Waals surface area contributed by atoms with Gasteiger partial charge < -0.3 is 15.0 Å². The summed E-state index contributed by atoms with van der Waals surface area (Å²) in [5.41, 5.74) is 1.27. The van der Waals surface area contributed by atoms with Crippen molar-refractivity contribution in [1.29, 1.82) is 0 Å². The van der Waals surface area contributed by atoms with Crippen molar-refractivity contribution in [2.45, 2.75) is 13.8 Å². The molecule has 2 aromatic rings. The molecule has 1 aromatic carbocycles. The summed E-state index contributed by atoms with van der Waals surface area (Å²) >= 11 is 0. The van der Waals surface area contributed by atoms with E-state index in [9.17, 15) is 4.79 Å². The lowest BCUT2D eigenvalue weighted by atomic mass is 10.2. The zero-order chi connectivity index (χ0) is 17.4. The lowest BCUT2D eigenvalue weighted by Gasteiger charge is -2.19. The number of hydrogen-bond donors (Lipinski definition) is 1. The highest BCUT2D eigenvalue weighted by atomic mass is 16.5. The minimum absolute atomic E-state index is 0.0885. The van der Waals surface area contributed by atoms with Gasteiger partial charge in [-0.15, -0.1) is 0 Å². The Kier molecular flexibility index (Phi) is 6.69. The van der Waals surface area contributed by atoms with E-state index in [4.69, 9.17) is 4.74 Å². The van der Waals surface area contributed by atoms with Crippen LogP contribution in [-0.2, 0) is 4.74 Å². The van der Waals surface area contributed by atoms with Gasteiger partial charge in [0.1, 0.15) is 11.5 Å². The number of carbonyl (C=O) groups excluding carboxylic acids is 1. The van der Waals surface area contributed by atoms with E-state index in [1.54, 1.807) is 18.1 Å². The number of aromatic nitrogens is 2. The van der Waals surface area contributed by atoms with Crippen molar-refractivity contribution >= 4 is 11.7 Å². The fraction of sp³-hybridized carbons (Fsp3) is 0.389. The van der Waals surface area contributed by atoms with Gasteiger partial charge in [0, 0.05) is 38.4 Å². The van der Waals surface area contributed by atoms with Crippen molar-refractivity contribution < 1.29 is 9.53 Å². The van der Waals surface area contributed by atoms with Crippen molar-refractivity contribution in [3.05, 3.63) is 42.1 Å². The van der Waals surface area contributed by atoms with E-state index < -0.39 is 0 Å². The van der Waals surface area contributed by atoms with Gasteiger partial charge in [-0.2, -0.15) is 0 Å². The number of carbonyl (C=O) groups is 1. The normalized spacial score (nSPS) is 10.5. The van der Waals surface area contributed by atoms with Crippen molar-refractivity contribution in [2.24, 2.45) is 0 Å². The summed E-state index contributed by atoms with van der Waals surface area (Å²) in [4.78, 5) is 23.4. The van der Waals surface area contributed by atoms with E-state index >= 15 is 0 Å². The molecular weight excluding hydrogens is 304 g/mol. The number of ether oxygens (including phenoxy) is 1. The van der Waals surface area contributed by atoms with Gasteiger partial charge in [0.2, 0.25) is 0 Å². The zero-order valence-electron chi connectivity index (χ0n) is 14.5. The molecule has 0 bridgehead atoms. The van der Waals surface area contributed by atoms with Gasteiger partial charge in [-0.25, -0.2) is 9.97 Å². The molecule has 0 aliphatic carbocycles. The molecular formula is C18H24N4O2. The molecule has 6 nitrogen and oxygen atoms in total. The van der Waals surface area contributed by atoms with Gasteiger partial charge in [0.15, 0.2) is 5.82 Å². The van der Waals surface area contributed by atoms with E-state index in [0.29, 0.717) is 43.6 Å². The van der Waals surface area contributed by atoms with E-state index in [2.05, 4.69) is 15.3 Å². The predicted molar refractivity (Wildman–Crippen MR) is 95.1 cm³/mol. The van der Waals surface area contributed by atoms with Crippen LogP contribution < -0.4 is 5.32 Å². The standard InChI is InChI=1S/C18H24N4O2/c1-4-22(5-2)18(23)15-13-16(19-11-12-24-3)21-17(20-15)14-9-7-6-8-10-14/h6-10,13H,4-5,11-12H2,1-3H3,(H,19,20,21). The van der Waals surface area contributed by atoms with Gasteiger partial charge in [-0.1, -0.05) is 30.3 Å². The minimum Gasteiger partial charge on any atom is -0.383 e. The van der Waals surface area contributed by atoms with Gasteiger partial charge in [0.25, 0.3) is 5.91 Å². The Morgan fingerprint density at radius 2 is 1.88 bits per heavy atom. The van der Waals surface area contributed by atoms with Crippen LogP contribution in [0.5, 0.6) is 0 Å². The van der Waals surface area contributed by atoms with Crippen LogP contribution in [0.3, 0.4) is 0 Å². The van der Waals surface area contributed by atoms with E-state index in [1.807, 2.05) is 44.2 Å². The predicted octanol–water partition coefficient (Wildman–Crippen LogP) is 2.68. The molecule has 0 saturated heterocycles. The maximum atomic E-state index is 12.7. The highest BCUT2D eigenvalue weighted by molar-refractivity contribution is 5.93. The summed E-state index contributed by atoms with van der Waals surface area (Å²) in [6, 6.07) is 11.3. The molecule has 1 heterocycles. The lowest BCUT2D eigenvalue weighted by Crippen LogP contribution is -2.31. The first kappa shape index (κ1) is 17.9. The van der Waals surface area contributed by atoms with Gasteiger partial charge in [-0.05, 0) is 13.8 Å². The third-order valence-corrected chi connectivity index (χ3v) is 3.64. The first-order valence-corrected chi connectivity index (χ1v) is 8.16. The van der Waals surface area contributed by atoms with Crippen LogP contribution in [0.2, 0.25) is 0 Å². The molecule has 0 fully saturated rings. The number of nitrogens with one attached hydrogen (secondary N) is 1. The first-order valence-electron chi connectivity index (χ1n) is 8.16. The van der Waals surface area contributed by atoms with Crippen LogP contribution in [0, 0.1) is 0 Å².